The zero-order chi connectivity index (χ0) is 26.8. The molecule has 0 aliphatic carbocycles. The Hall–Kier alpha value is -3.21. The summed E-state index contributed by atoms with van der Waals surface area (Å²) >= 11 is 0. The Morgan fingerprint density at radius 1 is 1.14 bits per heavy atom. The molecule has 2 unspecified atom stereocenters. The maximum absolute atomic E-state index is 15.8. The number of benzene rings is 1. The lowest BCUT2D eigenvalue weighted by atomic mass is 9.76. The summed E-state index contributed by atoms with van der Waals surface area (Å²) in [6.07, 6.45) is -1.51. The number of nitrogens with zero attached hydrogens (tertiary/aromatic N) is 4. The normalized spacial score (nSPS) is 27.9. The lowest BCUT2D eigenvalue weighted by molar-refractivity contribution is -0.135. The van der Waals surface area contributed by atoms with Crippen LogP contribution in [0.3, 0.4) is 0 Å². The van der Waals surface area contributed by atoms with E-state index in [1.807, 2.05) is 39.0 Å². The van der Waals surface area contributed by atoms with Crippen LogP contribution in [-0.4, -0.2) is 79.8 Å². The summed E-state index contributed by atoms with van der Waals surface area (Å²) in [4.78, 5) is 52.4. The van der Waals surface area contributed by atoms with Crippen molar-refractivity contribution in [1.29, 1.82) is 0 Å². The number of likely N-dealkylation sites (tertiary alicyclic amines) is 2. The van der Waals surface area contributed by atoms with Crippen LogP contribution in [0, 0.1) is 5.41 Å². The van der Waals surface area contributed by atoms with Gasteiger partial charge in [0.05, 0.1) is 17.1 Å². The number of carboxylic acid groups (broad SMARTS) is 1. The van der Waals surface area contributed by atoms with Crippen LogP contribution >= 0.6 is 0 Å². The number of halogens is 1. The largest absolute Gasteiger partial charge is 0.465 e. The SMILES string of the molecule is Cn1c(=O)n(C2CCC(=O)NC2=O)c2cccc(C3CN([C@@H]4CCN(C(=O)O)C(C(C)(C)C)[C@@H]4F)C3)c21. The van der Waals surface area contributed by atoms with E-state index in [2.05, 4.69) is 10.2 Å². The molecule has 0 saturated carbocycles. The molecular weight excluding hydrogens is 481 g/mol. The van der Waals surface area contributed by atoms with Crippen LogP contribution < -0.4 is 11.0 Å². The van der Waals surface area contributed by atoms with Crippen molar-refractivity contribution in [2.45, 2.75) is 70.2 Å². The Kier molecular flexibility index (Phi) is 6.17. The van der Waals surface area contributed by atoms with Gasteiger partial charge in [0.25, 0.3) is 0 Å². The number of imide groups is 1. The van der Waals surface area contributed by atoms with Gasteiger partial charge in [0.15, 0.2) is 0 Å². The van der Waals surface area contributed by atoms with Gasteiger partial charge in [0, 0.05) is 45.1 Å². The predicted octanol–water partition coefficient (Wildman–Crippen LogP) is 2.22. The molecule has 3 saturated heterocycles. The summed E-state index contributed by atoms with van der Waals surface area (Å²) in [7, 11) is 1.68. The van der Waals surface area contributed by atoms with Crippen LogP contribution in [0.2, 0.25) is 0 Å². The molecule has 10 nitrogen and oxygen atoms in total. The minimum atomic E-state index is -1.31. The Bertz CT molecular complexity index is 1320. The summed E-state index contributed by atoms with van der Waals surface area (Å²) in [6.45, 7) is 7.11. The molecule has 4 heterocycles. The average Bonchev–Trinajstić information content (AvgIpc) is 3.03. The number of alkyl halides is 1. The quantitative estimate of drug-likeness (QED) is 0.606. The number of nitrogens with one attached hydrogen (secondary N) is 1. The van der Waals surface area contributed by atoms with Gasteiger partial charge in [-0.25, -0.2) is 14.0 Å². The van der Waals surface area contributed by atoms with Gasteiger partial charge >= 0.3 is 11.8 Å². The van der Waals surface area contributed by atoms with E-state index in [1.54, 1.807) is 11.6 Å². The van der Waals surface area contributed by atoms with Crippen LogP contribution in [0.15, 0.2) is 23.0 Å². The van der Waals surface area contributed by atoms with E-state index < -0.39 is 35.7 Å². The number of aromatic nitrogens is 2. The fourth-order valence-corrected chi connectivity index (χ4v) is 6.50. The van der Waals surface area contributed by atoms with Crippen LogP contribution in [0.1, 0.15) is 57.6 Å². The molecule has 2 aromatic rings. The molecule has 3 aliphatic rings. The monoisotopic (exact) mass is 515 g/mol. The molecule has 4 atom stereocenters. The third-order valence-corrected chi connectivity index (χ3v) is 8.28. The first-order valence-electron chi connectivity index (χ1n) is 12.8. The molecule has 37 heavy (non-hydrogen) atoms. The lowest BCUT2D eigenvalue weighted by Crippen LogP contribution is -2.66. The first-order valence-corrected chi connectivity index (χ1v) is 12.8. The van der Waals surface area contributed by atoms with Gasteiger partial charge in [-0.3, -0.25) is 28.9 Å². The standard InChI is InChI=1S/C26H34FN5O5/c1-26(2,3)22-20(27)16(10-11-31(22)25(36)37)30-12-14(13-30)15-6-5-7-17-21(15)29(4)24(35)32(17)18-8-9-19(33)28-23(18)34/h5-7,14,16,18,20,22H,8-13H2,1-4H3,(H,36,37)(H,28,33,34)/t16-,18?,20-,22?/m1/s1. The topological polar surface area (TPSA) is 117 Å². The fraction of sp³-hybridized carbons (Fsp3) is 0.615. The van der Waals surface area contributed by atoms with Gasteiger partial charge in [-0.2, -0.15) is 0 Å². The summed E-state index contributed by atoms with van der Waals surface area (Å²) in [5.41, 5.74) is 1.50. The number of hydrogen-bond donors (Lipinski definition) is 2. The Morgan fingerprint density at radius 2 is 1.84 bits per heavy atom. The molecule has 5 rings (SSSR count). The van der Waals surface area contributed by atoms with Gasteiger partial charge in [0.2, 0.25) is 11.8 Å². The highest BCUT2D eigenvalue weighted by atomic mass is 19.1. The maximum Gasteiger partial charge on any atom is 0.407 e. The predicted molar refractivity (Wildman–Crippen MR) is 134 cm³/mol. The van der Waals surface area contributed by atoms with E-state index in [4.69, 9.17) is 0 Å². The highest BCUT2D eigenvalue weighted by Crippen LogP contribution is 2.40. The zero-order valence-corrected chi connectivity index (χ0v) is 21.6. The molecule has 3 fully saturated rings. The fourth-order valence-electron chi connectivity index (χ4n) is 6.50. The first kappa shape index (κ1) is 25.4. The molecule has 1 aromatic carbocycles. The van der Waals surface area contributed by atoms with Crippen molar-refractivity contribution >= 4 is 28.9 Å². The van der Waals surface area contributed by atoms with Crippen molar-refractivity contribution < 1.29 is 23.9 Å². The van der Waals surface area contributed by atoms with Gasteiger partial charge in [0.1, 0.15) is 12.2 Å². The number of piperidine rings is 2. The van der Waals surface area contributed by atoms with Gasteiger partial charge in [-0.1, -0.05) is 32.9 Å². The Morgan fingerprint density at radius 3 is 2.46 bits per heavy atom. The molecule has 200 valence electrons. The number of imidazole rings is 1. The average molecular weight is 516 g/mol. The number of para-hydroxylation sites is 1. The third-order valence-electron chi connectivity index (χ3n) is 8.28. The molecular formula is C26H34FN5O5. The molecule has 0 bridgehead atoms. The molecule has 2 N–H and O–H groups in total. The van der Waals surface area contributed by atoms with Crippen LogP contribution in [0.4, 0.5) is 9.18 Å². The number of hydrogen-bond acceptors (Lipinski definition) is 5. The number of amides is 3. The van der Waals surface area contributed by atoms with E-state index in [0.717, 1.165) is 11.1 Å². The van der Waals surface area contributed by atoms with E-state index >= 15 is 4.39 Å². The minimum absolute atomic E-state index is 0.0738. The Labute approximate surface area is 214 Å². The van der Waals surface area contributed by atoms with E-state index in [1.165, 1.54) is 9.47 Å². The zero-order valence-electron chi connectivity index (χ0n) is 21.6. The van der Waals surface area contributed by atoms with Crippen molar-refractivity contribution in [3.63, 3.8) is 0 Å². The van der Waals surface area contributed by atoms with E-state index in [9.17, 15) is 24.3 Å². The van der Waals surface area contributed by atoms with Crippen LogP contribution in [0.5, 0.6) is 0 Å². The second kappa shape index (κ2) is 8.97. The molecule has 3 aliphatic heterocycles. The van der Waals surface area contributed by atoms with Crippen molar-refractivity contribution in [3.05, 3.63) is 34.2 Å². The van der Waals surface area contributed by atoms with Gasteiger partial charge < -0.3 is 10.0 Å². The number of carbonyl (C=O) groups is 3. The van der Waals surface area contributed by atoms with E-state index in [-0.39, 0.29) is 36.4 Å². The Balaban J connectivity index is 1.40. The molecule has 0 radical (unpaired) electrons. The number of fused-ring (bicyclic) bond motifs is 1. The lowest BCUT2D eigenvalue weighted by Gasteiger charge is -2.53. The number of rotatable bonds is 3. The highest BCUT2D eigenvalue weighted by Gasteiger charge is 2.50. The van der Waals surface area contributed by atoms with Gasteiger partial charge in [-0.15, -0.1) is 0 Å². The van der Waals surface area contributed by atoms with Crippen molar-refractivity contribution in [3.8, 4) is 0 Å². The van der Waals surface area contributed by atoms with E-state index in [0.29, 0.717) is 31.6 Å². The van der Waals surface area contributed by atoms with Crippen molar-refractivity contribution in [1.82, 2.24) is 24.3 Å². The summed E-state index contributed by atoms with van der Waals surface area (Å²) in [6, 6.07) is 3.80. The summed E-state index contributed by atoms with van der Waals surface area (Å²) in [5, 5.41) is 12.0. The highest BCUT2D eigenvalue weighted by molar-refractivity contribution is 6.00. The minimum Gasteiger partial charge on any atom is -0.465 e. The molecule has 0 spiro atoms. The maximum atomic E-state index is 15.8. The molecule has 3 amide bonds. The second-order valence-corrected chi connectivity index (χ2v) is 11.6. The number of aryl methyl sites for hydroxylation is 1. The smallest absolute Gasteiger partial charge is 0.407 e. The van der Waals surface area contributed by atoms with Crippen molar-refractivity contribution in [2.24, 2.45) is 12.5 Å². The third kappa shape index (κ3) is 4.13. The second-order valence-electron chi connectivity index (χ2n) is 11.6. The number of carbonyl (C=O) groups excluding carboxylic acids is 2. The molecule has 1 aromatic heterocycles. The van der Waals surface area contributed by atoms with Crippen LogP contribution in [-0.2, 0) is 16.6 Å². The summed E-state index contributed by atoms with van der Waals surface area (Å²) in [5.74, 6) is -0.732. The summed E-state index contributed by atoms with van der Waals surface area (Å²) < 4.78 is 18.8. The van der Waals surface area contributed by atoms with Crippen molar-refractivity contribution in [2.75, 3.05) is 19.6 Å². The van der Waals surface area contributed by atoms with Crippen LogP contribution in [0.25, 0.3) is 11.0 Å². The first-order chi connectivity index (χ1) is 17.4. The van der Waals surface area contributed by atoms with Gasteiger partial charge in [-0.05, 0) is 29.9 Å². The molecule has 11 heteroatoms.